The highest BCUT2D eigenvalue weighted by Gasteiger charge is 2.18. The lowest BCUT2D eigenvalue weighted by atomic mass is 10.1. The number of rotatable bonds is 5. The predicted octanol–water partition coefficient (Wildman–Crippen LogP) is 2.51. The molecule has 1 rings (SSSR count). The highest BCUT2D eigenvalue weighted by atomic mass is 32.2. The monoisotopic (exact) mass is 227 g/mol. The largest absolute Gasteiger partial charge is 0.309 e. The molecule has 1 atom stereocenters. The van der Waals surface area contributed by atoms with Crippen LogP contribution in [0, 0.1) is 6.92 Å². The van der Waals surface area contributed by atoms with E-state index >= 15 is 0 Å². The van der Waals surface area contributed by atoms with Gasteiger partial charge < -0.3 is 5.32 Å². The van der Waals surface area contributed by atoms with Gasteiger partial charge in [-0.05, 0) is 34.0 Å². The van der Waals surface area contributed by atoms with Crippen molar-refractivity contribution in [2.24, 2.45) is 0 Å². The van der Waals surface area contributed by atoms with E-state index in [-0.39, 0.29) is 4.75 Å². The minimum absolute atomic E-state index is 0.284. The van der Waals surface area contributed by atoms with Crippen molar-refractivity contribution in [2.75, 3.05) is 12.8 Å². The molecule has 1 aromatic rings. The van der Waals surface area contributed by atoms with Crippen LogP contribution in [-0.4, -0.2) is 27.7 Å². The summed E-state index contributed by atoms with van der Waals surface area (Å²) in [6.07, 6.45) is 4.05. The van der Waals surface area contributed by atoms with Gasteiger partial charge in [0.1, 0.15) is 0 Å². The Kier molecular flexibility index (Phi) is 4.22. The topological polar surface area (TPSA) is 40.7 Å². The Morgan fingerprint density at radius 1 is 1.60 bits per heavy atom. The van der Waals surface area contributed by atoms with Crippen molar-refractivity contribution >= 4 is 11.8 Å². The zero-order valence-electron chi connectivity index (χ0n) is 10.2. The second-order valence-corrected chi connectivity index (χ2v) is 6.03. The summed E-state index contributed by atoms with van der Waals surface area (Å²) < 4.78 is 0.284. The quantitative estimate of drug-likeness (QED) is 0.812. The van der Waals surface area contributed by atoms with Crippen LogP contribution < -0.4 is 5.32 Å². The van der Waals surface area contributed by atoms with Gasteiger partial charge in [0.25, 0.3) is 0 Å². The third-order valence-electron chi connectivity index (χ3n) is 2.72. The first-order valence-corrected chi connectivity index (χ1v) is 6.47. The van der Waals surface area contributed by atoms with E-state index in [1.807, 2.05) is 18.0 Å². The van der Waals surface area contributed by atoms with Gasteiger partial charge in [0.2, 0.25) is 0 Å². The molecule has 0 saturated carbocycles. The Hall–Kier alpha value is -0.480. The van der Waals surface area contributed by atoms with Crippen LogP contribution in [0.25, 0.3) is 0 Å². The van der Waals surface area contributed by atoms with E-state index in [1.54, 1.807) is 0 Å². The summed E-state index contributed by atoms with van der Waals surface area (Å²) in [7, 11) is 0. The molecule has 1 aromatic heterocycles. The van der Waals surface area contributed by atoms with Crippen molar-refractivity contribution in [1.82, 2.24) is 15.5 Å². The first-order valence-electron chi connectivity index (χ1n) is 5.24. The van der Waals surface area contributed by atoms with Gasteiger partial charge in [-0.1, -0.05) is 0 Å². The second-order valence-electron chi connectivity index (χ2n) is 4.52. The fourth-order valence-electron chi connectivity index (χ4n) is 1.38. The molecule has 0 bridgehead atoms. The average Bonchev–Trinajstić information content (AvgIpc) is 2.61. The SMILES string of the molecule is CSC(C)(C)CNC(C)c1cn[nH]c1C. The molecule has 0 aliphatic heterocycles. The number of aromatic amines is 1. The van der Waals surface area contributed by atoms with Gasteiger partial charge >= 0.3 is 0 Å². The molecule has 0 radical (unpaired) electrons. The van der Waals surface area contributed by atoms with E-state index in [2.05, 4.69) is 49.5 Å². The van der Waals surface area contributed by atoms with E-state index in [1.165, 1.54) is 5.56 Å². The number of nitrogens with one attached hydrogen (secondary N) is 2. The second kappa shape index (κ2) is 5.03. The van der Waals surface area contributed by atoms with Gasteiger partial charge in [0.05, 0.1) is 6.20 Å². The number of hydrogen-bond donors (Lipinski definition) is 2. The molecule has 1 heterocycles. The van der Waals surface area contributed by atoms with E-state index < -0.39 is 0 Å². The molecule has 0 saturated heterocycles. The molecule has 0 aliphatic rings. The number of aryl methyl sites for hydroxylation is 1. The first kappa shape index (κ1) is 12.6. The molecule has 0 spiro atoms. The Morgan fingerprint density at radius 2 is 2.27 bits per heavy atom. The molecule has 4 heteroatoms. The highest BCUT2D eigenvalue weighted by Crippen LogP contribution is 2.22. The molecule has 0 amide bonds. The molecule has 0 aliphatic carbocycles. The van der Waals surface area contributed by atoms with Crippen molar-refractivity contribution in [3.8, 4) is 0 Å². The van der Waals surface area contributed by atoms with Crippen LogP contribution in [0.3, 0.4) is 0 Å². The molecular weight excluding hydrogens is 206 g/mol. The number of H-pyrrole nitrogens is 1. The van der Waals surface area contributed by atoms with Crippen molar-refractivity contribution in [3.05, 3.63) is 17.5 Å². The maximum absolute atomic E-state index is 4.04. The van der Waals surface area contributed by atoms with Gasteiger partial charge in [0.15, 0.2) is 0 Å². The first-order chi connectivity index (χ1) is 6.96. The number of hydrogen-bond acceptors (Lipinski definition) is 3. The van der Waals surface area contributed by atoms with E-state index in [4.69, 9.17) is 0 Å². The average molecular weight is 227 g/mol. The highest BCUT2D eigenvalue weighted by molar-refractivity contribution is 7.99. The minimum atomic E-state index is 0.284. The fraction of sp³-hybridized carbons (Fsp3) is 0.727. The maximum Gasteiger partial charge on any atom is 0.0537 e. The normalized spacial score (nSPS) is 14.2. The van der Waals surface area contributed by atoms with E-state index in [9.17, 15) is 0 Å². The third kappa shape index (κ3) is 3.54. The Labute approximate surface area is 96.4 Å². The summed E-state index contributed by atoms with van der Waals surface area (Å²) in [6.45, 7) is 9.73. The summed E-state index contributed by atoms with van der Waals surface area (Å²) in [6, 6.07) is 0.357. The van der Waals surface area contributed by atoms with Crippen LogP contribution in [0.5, 0.6) is 0 Å². The molecule has 3 nitrogen and oxygen atoms in total. The van der Waals surface area contributed by atoms with Crippen LogP contribution in [-0.2, 0) is 0 Å². The summed E-state index contributed by atoms with van der Waals surface area (Å²) in [4.78, 5) is 0. The molecule has 0 fully saturated rings. The van der Waals surface area contributed by atoms with Crippen LogP contribution >= 0.6 is 11.8 Å². The lowest BCUT2D eigenvalue weighted by Gasteiger charge is -2.25. The standard InChI is InChI=1S/C11H21N3S/c1-8(10-6-13-14-9(10)2)12-7-11(3,4)15-5/h6,8,12H,7H2,1-5H3,(H,13,14). The lowest BCUT2D eigenvalue weighted by Crippen LogP contribution is -2.33. The van der Waals surface area contributed by atoms with Crippen LogP contribution in [0.2, 0.25) is 0 Å². The molecule has 2 N–H and O–H groups in total. The molecular formula is C11H21N3S. The number of nitrogens with zero attached hydrogens (tertiary/aromatic N) is 1. The summed E-state index contributed by atoms with van der Waals surface area (Å²) in [5.41, 5.74) is 2.41. The van der Waals surface area contributed by atoms with Crippen LogP contribution in [0.1, 0.15) is 38.1 Å². The predicted molar refractivity (Wildman–Crippen MR) is 67.3 cm³/mol. The van der Waals surface area contributed by atoms with E-state index in [0.29, 0.717) is 6.04 Å². The van der Waals surface area contributed by atoms with Crippen molar-refractivity contribution in [2.45, 2.75) is 38.5 Å². The van der Waals surface area contributed by atoms with Crippen LogP contribution in [0.4, 0.5) is 0 Å². The third-order valence-corrected chi connectivity index (χ3v) is 3.97. The Balaban J connectivity index is 2.50. The van der Waals surface area contributed by atoms with E-state index in [0.717, 1.165) is 12.2 Å². The maximum atomic E-state index is 4.04. The minimum Gasteiger partial charge on any atom is -0.309 e. The summed E-state index contributed by atoms with van der Waals surface area (Å²) in [5, 5.41) is 10.5. The van der Waals surface area contributed by atoms with Gasteiger partial charge in [-0.25, -0.2) is 0 Å². The van der Waals surface area contributed by atoms with Gasteiger partial charge in [-0.2, -0.15) is 16.9 Å². The lowest BCUT2D eigenvalue weighted by molar-refractivity contribution is 0.521. The van der Waals surface area contributed by atoms with Crippen molar-refractivity contribution in [3.63, 3.8) is 0 Å². The molecule has 86 valence electrons. The number of aromatic nitrogens is 2. The number of thioether (sulfide) groups is 1. The van der Waals surface area contributed by atoms with Crippen molar-refractivity contribution in [1.29, 1.82) is 0 Å². The zero-order valence-corrected chi connectivity index (χ0v) is 11.0. The zero-order chi connectivity index (χ0) is 11.5. The fourth-order valence-corrected chi connectivity index (χ4v) is 1.61. The molecule has 1 unspecified atom stereocenters. The Bertz CT molecular complexity index is 307. The van der Waals surface area contributed by atoms with Crippen molar-refractivity contribution < 1.29 is 0 Å². The van der Waals surface area contributed by atoms with Gasteiger partial charge in [0, 0.05) is 28.6 Å². The van der Waals surface area contributed by atoms with Crippen LogP contribution in [0.15, 0.2) is 6.20 Å². The summed E-state index contributed by atoms with van der Waals surface area (Å²) in [5.74, 6) is 0. The summed E-state index contributed by atoms with van der Waals surface area (Å²) >= 11 is 1.88. The molecule has 15 heavy (non-hydrogen) atoms. The van der Waals surface area contributed by atoms with Gasteiger partial charge in [-0.3, -0.25) is 5.10 Å². The Morgan fingerprint density at radius 3 is 2.73 bits per heavy atom. The molecule has 0 aromatic carbocycles. The van der Waals surface area contributed by atoms with Gasteiger partial charge in [-0.15, -0.1) is 0 Å². The smallest absolute Gasteiger partial charge is 0.0537 e.